The van der Waals surface area contributed by atoms with Crippen LogP contribution in [0.2, 0.25) is 0 Å². The van der Waals surface area contributed by atoms with E-state index in [9.17, 15) is 25.2 Å². The molecule has 19 heavy (non-hydrogen) atoms. The molecule has 0 aliphatic rings. The van der Waals surface area contributed by atoms with Gasteiger partial charge in [0.25, 0.3) is 0 Å². The quantitative estimate of drug-likeness (QED) is 0.376. The van der Waals surface area contributed by atoms with E-state index in [1.165, 1.54) is 31.2 Å². The lowest BCUT2D eigenvalue weighted by molar-refractivity contribution is 0.103. The van der Waals surface area contributed by atoms with Gasteiger partial charge < -0.3 is 20.4 Å². The second kappa shape index (κ2) is 4.53. The van der Waals surface area contributed by atoms with Crippen molar-refractivity contribution in [2.45, 2.75) is 6.92 Å². The lowest BCUT2D eigenvalue weighted by Gasteiger charge is -2.09. The molecule has 0 aliphatic carbocycles. The third-order valence-electron chi connectivity index (χ3n) is 2.79. The summed E-state index contributed by atoms with van der Waals surface area (Å²) in [5, 5.41) is 38.3. The maximum absolute atomic E-state index is 12.2. The Morgan fingerprint density at radius 3 is 2.32 bits per heavy atom. The molecular formula is C14H12O5. The topological polar surface area (TPSA) is 98.0 Å². The first-order chi connectivity index (χ1) is 8.91. The van der Waals surface area contributed by atoms with Gasteiger partial charge >= 0.3 is 0 Å². The summed E-state index contributed by atoms with van der Waals surface area (Å²) in [5.41, 5.74) is 0.0432. The summed E-state index contributed by atoms with van der Waals surface area (Å²) in [6, 6.07) is 6.37. The van der Waals surface area contributed by atoms with Crippen molar-refractivity contribution in [3.05, 3.63) is 47.0 Å². The number of carbonyl (C=O) groups excluding carboxylic acids is 1. The Bertz CT molecular complexity index is 661. The van der Waals surface area contributed by atoms with E-state index in [1.807, 2.05) is 0 Å². The van der Waals surface area contributed by atoms with Gasteiger partial charge in [0, 0.05) is 0 Å². The van der Waals surface area contributed by atoms with Gasteiger partial charge in [-0.15, -0.1) is 0 Å². The molecule has 2 aromatic rings. The first-order valence-electron chi connectivity index (χ1n) is 5.50. The Kier molecular flexibility index (Phi) is 3.04. The second-order valence-corrected chi connectivity index (χ2v) is 4.16. The summed E-state index contributed by atoms with van der Waals surface area (Å²) in [5.74, 6) is -2.12. The Labute approximate surface area is 109 Å². The van der Waals surface area contributed by atoms with Crippen molar-refractivity contribution >= 4 is 5.78 Å². The van der Waals surface area contributed by atoms with Crippen molar-refractivity contribution in [3.63, 3.8) is 0 Å². The summed E-state index contributed by atoms with van der Waals surface area (Å²) in [7, 11) is 0. The number of ketones is 1. The predicted molar refractivity (Wildman–Crippen MR) is 67.7 cm³/mol. The standard InChI is InChI=1S/C14H12O5/c1-7-5-8(15)6-10(12(7)17)13(18)9-3-2-4-11(16)14(9)19/h2-6,15-17,19H,1H3. The molecule has 0 radical (unpaired) electrons. The van der Waals surface area contributed by atoms with E-state index < -0.39 is 17.3 Å². The van der Waals surface area contributed by atoms with Crippen LogP contribution in [0.3, 0.4) is 0 Å². The largest absolute Gasteiger partial charge is 0.508 e. The van der Waals surface area contributed by atoms with Crippen LogP contribution in [0.1, 0.15) is 21.5 Å². The summed E-state index contributed by atoms with van der Waals surface area (Å²) in [4.78, 5) is 12.2. The van der Waals surface area contributed by atoms with Crippen LogP contribution < -0.4 is 0 Å². The number of aryl methyl sites for hydroxylation is 1. The molecule has 0 amide bonds. The van der Waals surface area contributed by atoms with Crippen LogP contribution in [0, 0.1) is 6.92 Å². The molecule has 5 nitrogen and oxygen atoms in total. The Balaban J connectivity index is 2.60. The van der Waals surface area contributed by atoms with Gasteiger partial charge in [-0.2, -0.15) is 0 Å². The third-order valence-corrected chi connectivity index (χ3v) is 2.79. The van der Waals surface area contributed by atoms with Crippen molar-refractivity contribution in [1.82, 2.24) is 0 Å². The highest BCUT2D eigenvalue weighted by molar-refractivity contribution is 6.13. The van der Waals surface area contributed by atoms with E-state index in [2.05, 4.69) is 0 Å². The van der Waals surface area contributed by atoms with Crippen LogP contribution >= 0.6 is 0 Å². The van der Waals surface area contributed by atoms with Gasteiger partial charge in [0.2, 0.25) is 5.78 Å². The number of para-hydroxylation sites is 1. The molecule has 4 N–H and O–H groups in total. The second-order valence-electron chi connectivity index (χ2n) is 4.16. The zero-order valence-corrected chi connectivity index (χ0v) is 10.1. The highest BCUT2D eigenvalue weighted by atomic mass is 16.3. The van der Waals surface area contributed by atoms with Crippen LogP contribution in [0.5, 0.6) is 23.0 Å². The molecule has 0 fully saturated rings. The van der Waals surface area contributed by atoms with Crippen LogP contribution in [-0.4, -0.2) is 26.2 Å². The van der Waals surface area contributed by atoms with Crippen molar-refractivity contribution in [2.75, 3.05) is 0 Å². The fourth-order valence-electron chi connectivity index (χ4n) is 1.79. The average molecular weight is 260 g/mol. The molecule has 2 rings (SSSR count). The van der Waals surface area contributed by atoms with Crippen LogP contribution in [0.25, 0.3) is 0 Å². The van der Waals surface area contributed by atoms with Crippen molar-refractivity contribution in [2.24, 2.45) is 0 Å². The molecule has 0 heterocycles. The monoisotopic (exact) mass is 260 g/mol. The Morgan fingerprint density at radius 1 is 0.947 bits per heavy atom. The molecule has 0 bridgehead atoms. The molecular weight excluding hydrogens is 248 g/mol. The number of benzene rings is 2. The molecule has 0 aromatic heterocycles. The fourth-order valence-corrected chi connectivity index (χ4v) is 1.79. The molecule has 5 heteroatoms. The summed E-state index contributed by atoms with van der Waals surface area (Å²) in [6.07, 6.45) is 0. The van der Waals surface area contributed by atoms with E-state index in [1.54, 1.807) is 0 Å². The summed E-state index contributed by atoms with van der Waals surface area (Å²) in [6.45, 7) is 1.54. The van der Waals surface area contributed by atoms with Crippen molar-refractivity contribution in [3.8, 4) is 23.0 Å². The smallest absolute Gasteiger partial charge is 0.200 e. The van der Waals surface area contributed by atoms with Gasteiger partial charge in [-0.1, -0.05) is 6.07 Å². The van der Waals surface area contributed by atoms with Gasteiger partial charge in [0.15, 0.2) is 11.5 Å². The van der Waals surface area contributed by atoms with Gasteiger partial charge in [-0.05, 0) is 36.8 Å². The van der Waals surface area contributed by atoms with Crippen LogP contribution in [-0.2, 0) is 0 Å². The van der Waals surface area contributed by atoms with E-state index in [-0.39, 0.29) is 22.6 Å². The highest BCUT2D eigenvalue weighted by Gasteiger charge is 2.20. The number of hydrogen-bond acceptors (Lipinski definition) is 5. The van der Waals surface area contributed by atoms with Crippen LogP contribution in [0.4, 0.5) is 0 Å². The third kappa shape index (κ3) is 2.18. The summed E-state index contributed by atoms with van der Waals surface area (Å²) < 4.78 is 0. The molecule has 0 saturated carbocycles. The lowest BCUT2D eigenvalue weighted by atomic mass is 9.99. The first-order valence-corrected chi connectivity index (χ1v) is 5.50. The van der Waals surface area contributed by atoms with E-state index in [0.29, 0.717) is 5.56 Å². The predicted octanol–water partition coefficient (Wildman–Crippen LogP) is 2.05. The highest BCUT2D eigenvalue weighted by Crippen LogP contribution is 2.34. The first kappa shape index (κ1) is 12.8. The fraction of sp³-hybridized carbons (Fsp3) is 0.0714. The SMILES string of the molecule is Cc1cc(O)cc(C(=O)c2cccc(O)c2O)c1O. The van der Waals surface area contributed by atoms with E-state index in [0.717, 1.165) is 6.07 Å². The Morgan fingerprint density at radius 2 is 1.63 bits per heavy atom. The molecule has 2 aromatic carbocycles. The molecule has 0 spiro atoms. The molecule has 0 atom stereocenters. The van der Waals surface area contributed by atoms with Gasteiger partial charge in [-0.25, -0.2) is 0 Å². The van der Waals surface area contributed by atoms with Crippen molar-refractivity contribution < 1.29 is 25.2 Å². The Hall–Kier alpha value is -2.69. The van der Waals surface area contributed by atoms with E-state index in [4.69, 9.17) is 0 Å². The number of aromatic hydroxyl groups is 4. The lowest BCUT2D eigenvalue weighted by Crippen LogP contribution is -2.03. The zero-order chi connectivity index (χ0) is 14.2. The van der Waals surface area contributed by atoms with Gasteiger partial charge in [0.05, 0.1) is 11.1 Å². The maximum atomic E-state index is 12.2. The maximum Gasteiger partial charge on any atom is 0.200 e. The molecule has 98 valence electrons. The minimum Gasteiger partial charge on any atom is -0.508 e. The number of phenols is 4. The zero-order valence-electron chi connectivity index (χ0n) is 10.1. The number of hydrogen-bond donors (Lipinski definition) is 4. The van der Waals surface area contributed by atoms with Gasteiger partial charge in [-0.3, -0.25) is 4.79 Å². The number of carbonyl (C=O) groups is 1. The van der Waals surface area contributed by atoms with Crippen LogP contribution in [0.15, 0.2) is 30.3 Å². The number of phenolic OH excluding ortho intramolecular Hbond substituents is 4. The van der Waals surface area contributed by atoms with Gasteiger partial charge in [0.1, 0.15) is 11.5 Å². The number of rotatable bonds is 2. The molecule has 0 saturated heterocycles. The van der Waals surface area contributed by atoms with E-state index >= 15 is 0 Å². The van der Waals surface area contributed by atoms with Crippen molar-refractivity contribution in [1.29, 1.82) is 0 Å². The minimum atomic E-state index is -0.690. The minimum absolute atomic E-state index is 0.140. The normalized spacial score (nSPS) is 10.4. The molecule has 0 aliphatic heterocycles. The summed E-state index contributed by atoms with van der Waals surface area (Å²) >= 11 is 0. The average Bonchev–Trinajstić information content (AvgIpc) is 2.36. The molecule has 0 unspecified atom stereocenters.